The SMILES string of the molecule is OCc1cc(C(F)(F)F)ccc1COCC1CCCCC1. The molecule has 2 nitrogen and oxygen atoms in total. The number of alkyl halides is 3. The van der Waals surface area contributed by atoms with Gasteiger partial charge in [0, 0.05) is 6.61 Å². The van der Waals surface area contributed by atoms with Gasteiger partial charge in [0.15, 0.2) is 0 Å². The summed E-state index contributed by atoms with van der Waals surface area (Å²) in [7, 11) is 0. The van der Waals surface area contributed by atoms with E-state index in [0.717, 1.165) is 12.1 Å². The van der Waals surface area contributed by atoms with Crippen molar-refractivity contribution in [3.8, 4) is 0 Å². The number of rotatable bonds is 5. The lowest BCUT2D eigenvalue weighted by atomic mass is 9.90. The molecule has 0 atom stereocenters. The Morgan fingerprint density at radius 2 is 1.81 bits per heavy atom. The molecule has 0 saturated heterocycles. The molecule has 0 bridgehead atoms. The van der Waals surface area contributed by atoms with Gasteiger partial charge in [-0.1, -0.05) is 25.3 Å². The number of aliphatic hydroxyl groups is 1. The van der Waals surface area contributed by atoms with Gasteiger partial charge in [-0.15, -0.1) is 0 Å². The molecular weight excluding hydrogens is 281 g/mol. The van der Waals surface area contributed by atoms with Gasteiger partial charge in [0.05, 0.1) is 18.8 Å². The van der Waals surface area contributed by atoms with Crippen LogP contribution in [0.15, 0.2) is 18.2 Å². The molecule has 1 saturated carbocycles. The van der Waals surface area contributed by atoms with Gasteiger partial charge in [0.25, 0.3) is 0 Å². The van der Waals surface area contributed by atoms with Crippen LogP contribution < -0.4 is 0 Å². The second-order valence-corrected chi connectivity index (χ2v) is 5.66. The highest BCUT2D eigenvalue weighted by molar-refractivity contribution is 5.32. The Hall–Kier alpha value is -1.07. The summed E-state index contributed by atoms with van der Waals surface area (Å²) in [5.74, 6) is 0.561. The second-order valence-electron chi connectivity index (χ2n) is 5.66. The van der Waals surface area contributed by atoms with Crippen LogP contribution in [-0.2, 0) is 24.1 Å². The van der Waals surface area contributed by atoms with Gasteiger partial charge in [-0.25, -0.2) is 0 Å². The first-order chi connectivity index (χ1) is 10.0. The quantitative estimate of drug-likeness (QED) is 0.879. The molecule has 1 aromatic carbocycles. The number of halogens is 3. The Morgan fingerprint density at radius 3 is 2.43 bits per heavy atom. The first kappa shape index (κ1) is 16.3. The summed E-state index contributed by atoms with van der Waals surface area (Å²) in [6.07, 6.45) is 1.70. The van der Waals surface area contributed by atoms with E-state index in [2.05, 4.69) is 0 Å². The predicted octanol–water partition coefficient (Wildman–Crippen LogP) is 4.29. The molecule has 1 fully saturated rings. The van der Waals surface area contributed by atoms with E-state index >= 15 is 0 Å². The number of benzene rings is 1. The molecule has 1 aliphatic rings. The molecule has 118 valence electrons. The predicted molar refractivity (Wildman–Crippen MR) is 73.6 cm³/mol. The van der Waals surface area contributed by atoms with E-state index in [1.165, 1.54) is 38.2 Å². The summed E-state index contributed by atoms with van der Waals surface area (Å²) < 4.78 is 43.5. The largest absolute Gasteiger partial charge is 0.416 e. The molecule has 0 amide bonds. The van der Waals surface area contributed by atoms with Crippen LogP contribution in [0.4, 0.5) is 13.2 Å². The highest BCUT2D eigenvalue weighted by Crippen LogP contribution is 2.31. The Balaban J connectivity index is 1.93. The second kappa shape index (κ2) is 7.27. The zero-order chi connectivity index (χ0) is 15.3. The molecule has 1 aromatic rings. The Morgan fingerprint density at radius 1 is 1.10 bits per heavy atom. The lowest BCUT2D eigenvalue weighted by molar-refractivity contribution is -0.137. The van der Waals surface area contributed by atoms with Crippen LogP contribution in [0.5, 0.6) is 0 Å². The van der Waals surface area contributed by atoms with Gasteiger partial charge >= 0.3 is 6.18 Å². The molecule has 0 unspecified atom stereocenters. The fourth-order valence-corrected chi connectivity index (χ4v) is 2.78. The van der Waals surface area contributed by atoms with Crippen molar-refractivity contribution in [3.63, 3.8) is 0 Å². The minimum absolute atomic E-state index is 0.254. The van der Waals surface area contributed by atoms with Gasteiger partial charge in [0.1, 0.15) is 0 Å². The smallest absolute Gasteiger partial charge is 0.392 e. The summed E-state index contributed by atoms with van der Waals surface area (Å²) in [5, 5.41) is 9.23. The number of hydrogen-bond donors (Lipinski definition) is 1. The summed E-state index contributed by atoms with van der Waals surface area (Å²) in [5.41, 5.74) is 0.178. The fraction of sp³-hybridized carbons (Fsp3) is 0.625. The zero-order valence-corrected chi connectivity index (χ0v) is 12.0. The van der Waals surface area contributed by atoms with Crippen molar-refractivity contribution >= 4 is 0 Å². The molecule has 5 heteroatoms. The summed E-state index contributed by atoms with van der Waals surface area (Å²) in [4.78, 5) is 0. The van der Waals surface area contributed by atoms with Crippen LogP contribution in [-0.4, -0.2) is 11.7 Å². The molecule has 0 radical (unpaired) electrons. The van der Waals surface area contributed by atoms with Crippen LogP contribution >= 0.6 is 0 Å². The number of ether oxygens (including phenoxy) is 1. The topological polar surface area (TPSA) is 29.5 Å². The number of aliphatic hydroxyl groups excluding tert-OH is 1. The van der Waals surface area contributed by atoms with Gasteiger partial charge in [-0.2, -0.15) is 13.2 Å². The third-order valence-corrected chi connectivity index (χ3v) is 4.04. The van der Waals surface area contributed by atoms with Crippen molar-refractivity contribution in [3.05, 3.63) is 34.9 Å². The summed E-state index contributed by atoms with van der Waals surface area (Å²) in [6.45, 7) is 0.489. The number of hydrogen-bond acceptors (Lipinski definition) is 2. The average Bonchev–Trinajstić information content (AvgIpc) is 2.47. The molecule has 2 rings (SSSR count). The van der Waals surface area contributed by atoms with Gasteiger partial charge in [0.2, 0.25) is 0 Å². The summed E-state index contributed by atoms with van der Waals surface area (Å²) in [6, 6.07) is 3.44. The van der Waals surface area contributed by atoms with Crippen LogP contribution in [0.25, 0.3) is 0 Å². The van der Waals surface area contributed by atoms with E-state index in [1.807, 2.05) is 0 Å². The summed E-state index contributed by atoms with van der Waals surface area (Å²) >= 11 is 0. The molecule has 0 spiro atoms. The van der Waals surface area contributed by atoms with Crippen molar-refractivity contribution < 1.29 is 23.0 Å². The Kier molecular flexibility index (Phi) is 5.65. The van der Waals surface area contributed by atoms with E-state index in [1.54, 1.807) is 0 Å². The zero-order valence-electron chi connectivity index (χ0n) is 12.0. The highest BCUT2D eigenvalue weighted by atomic mass is 19.4. The third kappa shape index (κ3) is 4.71. The van der Waals surface area contributed by atoms with Crippen molar-refractivity contribution in [2.75, 3.05) is 6.61 Å². The minimum Gasteiger partial charge on any atom is -0.392 e. The van der Waals surface area contributed by atoms with Crippen molar-refractivity contribution in [1.29, 1.82) is 0 Å². The van der Waals surface area contributed by atoms with E-state index in [-0.39, 0.29) is 12.2 Å². The van der Waals surface area contributed by atoms with Gasteiger partial charge in [-0.3, -0.25) is 0 Å². The molecular formula is C16H21F3O2. The molecule has 1 N–H and O–H groups in total. The maximum absolute atomic E-state index is 12.6. The van der Waals surface area contributed by atoms with Crippen molar-refractivity contribution in [1.82, 2.24) is 0 Å². The monoisotopic (exact) mass is 302 g/mol. The van der Waals surface area contributed by atoms with Crippen molar-refractivity contribution in [2.45, 2.75) is 51.5 Å². The Bertz CT molecular complexity index is 451. The maximum Gasteiger partial charge on any atom is 0.416 e. The normalized spacial score (nSPS) is 17.1. The van der Waals surface area contributed by atoms with E-state index in [4.69, 9.17) is 4.74 Å². The van der Waals surface area contributed by atoms with Gasteiger partial charge in [-0.05, 0) is 42.0 Å². The third-order valence-electron chi connectivity index (χ3n) is 4.04. The van der Waals surface area contributed by atoms with Crippen LogP contribution in [0.1, 0.15) is 48.8 Å². The minimum atomic E-state index is -4.38. The van der Waals surface area contributed by atoms with Crippen LogP contribution in [0.3, 0.4) is 0 Å². The molecule has 0 heterocycles. The maximum atomic E-state index is 12.6. The molecule has 0 aromatic heterocycles. The van der Waals surface area contributed by atoms with Crippen LogP contribution in [0, 0.1) is 5.92 Å². The molecule has 0 aliphatic heterocycles. The highest BCUT2D eigenvalue weighted by Gasteiger charge is 2.30. The van der Waals surface area contributed by atoms with Gasteiger partial charge < -0.3 is 9.84 Å². The van der Waals surface area contributed by atoms with Crippen molar-refractivity contribution in [2.24, 2.45) is 5.92 Å². The fourth-order valence-electron chi connectivity index (χ4n) is 2.78. The molecule has 1 aliphatic carbocycles. The van der Waals surface area contributed by atoms with E-state index < -0.39 is 18.3 Å². The lowest BCUT2D eigenvalue weighted by Gasteiger charge is -2.21. The standard InChI is InChI=1S/C16H21F3O2/c17-16(18,19)15-7-6-13(14(8-15)9-20)11-21-10-12-4-2-1-3-5-12/h6-8,12,20H,1-5,9-11H2. The Labute approximate surface area is 122 Å². The first-order valence-electron chi connectivity index (χ1n) is 7.38. The lowest BCUT2D eigenvalue weighted by Crippen LogP contribution is -2.14. The van der Waals surface area contributed by atoms with Crippen LogP contribution in [0.2, 0.25) is 0 Å². The van der Waals surface area contributed by atoms with E-state index in [0.29, 0.717) is 18.1 Å². The molecule has 21 heavy (non-hydrogen) atoms. The average molecular weight is 302 g/mol. The first-order valence-corrected chi connectivity index (χ1v) is 7.38. The van der Waals surface area contributed by atoms with E-state index in [9.17, 15) is 18.3 Å².